The molecule has 74 valence electrons. The van der Waals surface area contributed by atoms with E-state index < -0.39 is 0 Å². The molecule has 0 saturated carbocycles. The predicted molar refractivity (Wildman–Crippen MR) is 57.2 cm³/mol. The Morgan fingerprint density at radius 3 is 3.07 bits per heavy atom. The molecule has 3 rings (SSSR count). The fraction of sp³-hybridized carbons (Fsp3) is 0.154. The van der Waals surface area contributed by atoms with Crippen molar-refractivity contribution < 1.29 is 9.53 Å². The monoisotopic (exact) mass is 198 g/mol. The molecule has 0 saturated heterocycles. The second kappa shape index (κ2) is 3.09. The number of ether oxygens (including phenoxy) is 1. The SMILES string of the molecule is O=C1C=CC2OC=c3ccccc3=C2C1. The van der Waals surface area contributed by atoms with Gasteiger partial charge >= 0.3 is 0 Å². The highest BCUT2D eigenvalue weighted by molar-refractivity contribution is 5.98. The third-order valence-electron chi connectivity index (χ3n) is 2.81. The lowest BCUT2D eigenvalue weighted by molar-refractivity contribution is -0.114. The van der Waals surface area contributed by atoms with Crippen LogP contribution in [0.15, 0.2) is 36.4 Å². The highest BCUT2D eigenvalue weighted by atomic mass is 16.5. The Balaban J connectivity index is 2.34. The lowest BCUT2D eigenvalue weighted by Crippen LogP contribution is -2.37. The number of fused-ring (bicyclic) bond motifs is 2. The summed E-state index contributed by atoms with van der Waals surface area (Å²) in [5.41, 5.74) is 1.08. The van der Waals surface area contributed by atoms with Gasteiger partial charge in [-0.2, -0.15) is 0 Å². The Bertz CT molecular complexity index is 566. The number of carbonyl (C=O) groups excluding carboxylic acids is 1. The predicted octanol–water partition coefficient (Wildman–Crippen LogP) is 0.503. The highest BCUT2D eigenvalue weighted by Gasteiger charge is 2.22. The van der Waals surface area contributed by atoms with Crippen LogP contribution in [0.3, 0.4) is 0 Å². The molecule has 1 aromatic rings. The summed E-state index contributed by atoms with van der Waals surface area (Å²) in [6, 6.07) is 8.01. The van der Waals surface area contributed by atoms with Gasteiger partial charge < -0.3 is 4.74 Å². The minimum atomic E-state index is -0.0439. The molecule has 0 aromatic heterocycles. The molecule has 0 N–H and O–H groups in total. The summed E-state index contributed by atoms with van der Waals surface area (Å²) < 4.78 is 5.56. The van der Waals surface area contributed by atoms with Crippen LogP contribution in [-0.4, -0.2) is 11.9 Å². The first-order chi connectivity index (χ1) is 7.34. The average Bonchev–Trinajstić information content (AvgIpc) is 2.29. The van der Waals surface area contributed by atoms with Crippen molar-refractivity contribution in [2.45, 2.75) is 12.5 Å². The second-order valence-corrected chi connectivity index (χ2v) is 3.79. The molecule has 1 aromatic carbocycles. The van der Waals surface area contributed by atoms with E-state index in [1.807, 2.05) is 30.3 Å². The van der Waals surface area contributed by atoms with Crippen LogP contribution in [0.4, 0.5) is 0 Å². The summed E-state index contributed by atoms with van der Waals surface area (Å²) in [6.07, 6.45) is 5.64. The molecule has 1 unspecified atom stereocenters. The van der Waals surface area contributed by atoms with Crippen LogP contribution in [0, 0.1) is 0 Å². The molecule has 0 spiro atoms. The number of rotatable bonds is 0. The van der Waals surface area contributed by atoms with E-state index in [2.05, 4.69) is 0 Å². The molecule has 1 aliphatic carbocycles. The Hall–Kier alpha value is -1.83. The number of allylic oxidation sites excluding steroid dienone is 1. The molecule has 15 heavy (non-hydrogen) atoms. The van der Waals surface area contributed by atoms with Crippen molar-refractivity contribution in [2.75, 3.05) is 0 Å². The Morgan fingerprint density at radius 1 is 1.27 bits per heavy atom. The summed E-state index contributed by atoms with van der Waals surface area (Å²) >= 11 is 0. The maximum Gasteiger partial charge on any atom is 0.159 e. The number of hydrogen-bond donors (Lipinski definition) is 0. The summed E-state index contributed by atoms with van der Waals surface area (Å²) in [7, 11) is 0. The van der Waals surface area contributed by atoms with Gasteiger partial charge in [0.25, 0.3) is 0 Å². The van der Waals surface area contributed by atoms with E-state index >= 15 is 0 Å². The van der Waals surface area contributed by atoms with Gasteiger partial charge in [-0.25, -0.2) is 0 Å². The van der Waals surface area contributed by atoms with Gasteiger partial charge in [0.2, 0.25) is 0 Å². The first-order valence-electron chi connectivity index (χ1n) is 4.99. The zero-order valence-electron chi connectivity index (χ0n) is 8.14. The molecular weight excluding hydrogens is 188 g/mol. The third-order valence-corrected chi connectivity index (χ3v) is 2.81. The molecule has 2 nitrogen and oxygen atoms in total. The standard InChI is InChI=1S/C13H10O2/c14-10-5-6-13-12(7-10)11-4-2-1-3-9(11)8-15-13/h1-6,8,13H,7H2. The smallest absolute Gasteiger partial charge is 0.159 e. The van der Waals surface area contributed by atoms with E-state index in [-0.39, 0.29) is 11.9 Å². The van der Waals surface area contributed by atoms with Crippen LogP contribution in [0.5, 0.6) is 0 Å². The molecule has 0 radical (unpaired) electrons. The molecule has 1 atom stereocenters. The normalized spacial score (nSPS) is 22.5. The average molecular weight is 198 g/mol. The van der Waals surface area contributed by atoms with Crippen LogP contribution in [0.2, 0.25) is 0 Å². The zero-order valence-corrected chi connectivity index (χ0v) is 8.14. The quantitative estimate of drug-likeness (QED) is 0.607. The van der Waals surface area contributed by atoms with Gasteiger partial charge in [0, 0.05) is 11.6 Å². The van der Waals surface area contributed by atoms with E-state index in [1.165, 1.54) is 0 Å². The van der Waals surface area contributed by atoms with Crippen molar-refractivity contribution in [3.05, 3.63) is 46.9 Å². The highest BCUT2D eigenvalue weighted by Crippen LogP contribution is 2.19. The molecule has 0 amide bonds. The fourth-order valence-electron chi connectivity index (χ4n) is 2.07. The van der Waals surface area contributed by atoms with E-state index in [4.69, 9.17) is 4.74 Å². The first-order valence-corrected chi connectivity index (χ1v) is 4.99. The second-order valence-electron chi connectivity index (χ2n) is 3.79. The minimum Gasteiger partial charge on any atom is -0.489 e. The van der Waals surface area contributed by atoms with Crippen molar-refractivity contribution in [3.63, 3.8) is 0 Å². The first kappa shape index (κ1) is 8.48. The van der Waals surface area contributed by atoms with Gasteiger partial charge in [0.1, 0.15) is 6.10 Å². The van der Waals surface area contributed by atoms with Gasteiger partial charge in [-0.3, -0.25) is 4.79 Å². The van der Waals surface area contributed by atoms with E-state index in [9.17, 15) is 4.79 Å². The van der Waals surface area contributed by atoms with Crippen LogP contribution in [0.1, 0.15) is 6.42 Å². The molecule has 2 aliphatic rings. The number of ketones is 1. The summed E-state index contributed by atoms with van der Waals surface area (Å²) in [5, 5.41) is 2.21. The minimum absolute atomic E-state index is 0.0439. The summed E-state index contributed by atoms with van der Waals surface area (Å²) in [6.45, 7) is 0. The molecule has 0 fully saturated rings. The maximum absolute atomic E-state index is 11.4. The Labute approximate surface area is 87.2 Å². The number of benzene rings is 1. The largest absolute Gasteiger partial charge is 0.489 e. The van der Waals surface area contributed by atoms with Crippen LogP contribution in [0.25, 0.3) is 11.8 Å². The van der Waals surface area contributed by atoms with Crippen LogP contribution in [-0.2, 0) is 9.53 Å². The van der Waals surface area contributed by atoms with Gasteiger partial charge in [-0.1, -0.05) is 24.3 Å². The molecule has 2 heteroatoms. The van der Waals surface area contributed by atoms with E-state index in [0.29, 0.717) is 6.42 Å². The fourth-order valence-corrected chi connectivity index (χ4v) is 2.07. The van der Waals surface area contributed by atoms with Crippen LogP contribution >= 0.6 is 0 Å². The lowest BCUT2D eigenvalue weighted by Gasteiger charge is -2.22. The zero-order chi connectivity index (χ0) is 10.3. The lowest BCUT2D eigenvalue weighted by atomic mass is 9.93. The van der Waals surface area contributed by atoms with Crippen molar-refractivity contribution in [1.29, 1.82) is 0 Å². The van der Waals surface area contributed by atoms with Crippen molar-refractivity contribution >= 4 is 17.6 Å². The van der Waals surface area contributed by atoms with Gasteiger partial charge in [0.15, 0.2) is 5.78 Å². The molecule has 1 aliphatic heterocycles. The van der Waals surface area contributed by atoms with E-state index in [1.54, 1.807) is 12.3 Å². The molecular formula is C13H10O2. The van der Waals surface area contributed by atoms with Crippen molar-refractivity contribution in [3.8, 4) is 0 Å². The van der Waals surface area contributed by atoms with Gasteiger partial charge in [-0.15, -0.1) is 0 Å². The number of hydrogen-bond acceptors (Lipinski definition) is 2. The molecule has 1 heterocycles. The van der Waals surface area contributed by atoms with E-state index in [0.717, 1.165) is 16.0 Å². The van der Waals surface area contributed by atoms with Crippen molar-refractivity contribution in [1.82, 2.24) is 0 Å². The maximum atomic E-state index is 11.4. The van der Waals surface area contributed by atoms with Gasteiger partial charge in [-0.05, 0) is 22.9 Å². The van der Waals surface area contributed by atoms with Crippen molar-refractivity contribution in [2.24, 2.45) is 0 Å². The summed E-state index contributed by atoms with van der Waals surface area (Å²) in [5.74, 6) is 0.154. The third kappa shape index (κ3) is 1.30. The van der Waals surface area contributed by atoms with Gasteiger partial charge in [0.05, 0.1) is 6.26 Å². The molecule has 0 bridgehead atoms. The summed E-state index contributed by atoms with van der Waals surface area (Å²) in [4.78, 5) is 11.4. The Kier molecular flexibility index (Phi) is 1.75. The Morgan fingerprint density at radius 2 is 2.13 bits per heavy atom. The number of carbonyl (C=O) groups is 1. The van der Waals surface area contributed by atoms with Crippen LogP contribution < -0.4 is 10.4 Å². The topological polar surface area (TPSA) is 26.3 Å².